The van der Waals surface area contributed by atoms with Crippen molar-refractivity contribution < 1.29 is 8.81 Å². The van der Waals surface area contributed by atoms with Gasteiger partial charge in [-0.05, 0) is 54.7 Å². The van der Waals surface area contributed by atoms with Gasteiger partial charge in [0.2, 0.25) is 5.71 Å². The molecule has 1 aliphatic rings. The minimum Gasteiger partial charge on any atom is -0.438 e. The Morgan fingerprint density at radius 1 is 0.909 bits per heavy atom. The van der Waals surface area contributed by atoms with E-state index in [1.165, 1.54) is 42.8 Å². The van der Waals surface area contributed by atoms with Gasteiger partial charge in [0.1, 0.15) is 23.6 Å². The molecule has 33 heavy (non-hydrogen) atoms. The second-order valence-electron chi connectivity index (χ2n) is 7.81. The fraction of sp³-hybridized carbons (Fsp3) is 0.192. The van der Waals surface area contributed by atoms with Crippen LogP contribution in [-0.2, 0) is 7.05 Å². The molecular weight excluding hydrogens is 435 g/mol. The maximum Gasteiger partial charge on any atom is 0.230 e. The molecule has 0 aliphatic carbocycles. The van der Waals surface area contributed by atoms with E-state index in [0.717, 1.165) is 39.2 Å². The lowest BCUT2D eigenvalue weighted by Crippen LogP contribution is -1.89. The van der Waals surface area contributed by atoms with Crippen LogP contribution < -0.4 is 0 Å². The lowest BCUT2D eigenvalue weighted by molar-refractivity contribution is 0.617. The molecule has 166 valence electrons. The van der Waals surface area contributed by atoms with Crippen molar-refractivity contribution in [2.45, 2.75) is 12.8 Å². The topological polar surface area (TPSA) is 56.7 Å². The van der Waals surface area contributed by atoms with Crippen molar-refractivity contribution in [3.8, 4) is 33.8 Å². The molecule has 1 saturated heterocycles. The Morgan fingerprint density at radius 2 is 1.67 bits per heavy atom. The first-order valence-electron chi connectivity index (χ1n) is 10.9. The first-order valence-corrected chi connectivity index (χ1v) is 12.0. The second kappa shape index (κ2) is 9.58. The molecule has 0 atom stereocenters. The zero-order chi connectivity index (χ0) is 22.6. The first-order chi connectivity index (χ1) is 16.2. The van der Waals surface area contributed by atoms with E-state index < -0.39 is 0 Å². The number of furan rings is 1. The van der Waals surface area contributed by atoms with Crippen LogP contribution in [-0.4, -0.2) is 31.3 Å². The molecule has 0 unspecified atom stereocenters. The minimum absolute atomic E-state index is 0.284. The van der Waals surface area contributed by atoms with E-state index >= 15 is 0 Å². The molecule has 0 spiro atoms. The Bertz CT molecular complexity index is 1350. The van der Waals surface area contributed by atoms with Crippen molar-refractivity contribution in [3.05, 3.63) is 79.0 Å². The van der Waals surface area contributed by atoms with Crippen LogP contribution in [0.4, 0.5) is 4.39 Å². The van der Waals surface area contributed by atoms with Crippen molar-refractivity contribution in [2.24, 2.45) is 7.05 Å². The van der Waals surface area contributed by atoms with Crippen molar-refractivity contribution in [1.29, 1.82) is 0 Å². The highest BCUT2D eigenvalue weighted by Gasteiger charge is 2.19. The van der Waals surface area contributed by atoms with E-state index in [1.807, 2.05) is 49.6 Å². The Morgan fingerprint density at radius 3 is 2.36 bits per heavy atom. The van der Waals surface area contributed by atoms with Gasteiger partial charge in [-0.2, -0.15) is 16.9 Å². The van der Waals surface area contributed by atoms with Crippen LogP contribution in [0.2, 0.25) is 0 Å². The molecule has 0 radical (unpaired) electrons. The number of fused-ring (bicyclic) bond motifs is 1. The Hall–Kier alpha value is -3.45. The largest absolute Gasteiger partial charge is 0.438 e. The van der Waals surface area contributed by atoms with Gasteiger partial charge >= 0.3 is 0 Å². The lowest BCUT2D eigenvalue weighted by atomic mass is 10.0. The number of aryl methyl sites for hydroxylation is 1. The zero-order valence-electron chi connectivity index (χ0n) is 18.2. The molecule has 0 N–H and O–H groups in total. The number of thioether (sulfide) groups is 1. The van der Waals surface area contributed by atoms with Crippen molar-refractivity contribution >= 4 is 22.9 Å². The lowest BCUT2D eigenvalue weighted by Gasteiger charge is -2.03. The number of hydrogen-bond acceptors (Lipinski definition) is 5. The average Bonchev–Trinajstić information content (AvgIpc) is 3.61. The molecule has 4 heterocycles. The molecule has 5 aromatic rings. The normalized spacial score (nSPS) is 13.2. The fourth-order valence-corrected chi connectivity index (χ4v) is 4.83. The Balaban J connectivity index is 0.000000406. The minimum atomic E-state index is -0.284. The molecule has 0 bridgehead atoms. The zero-order valence-corrected chi connectivity index (χ0v) is 19.1. The van der Waals surface area contributed by atoms with Crippen molar-refractivity contribution in [1.82, 2.24) is 19.7 Å². The van der Waals surface area contributed by atoms with E-state index in [4.69, 9.17) is 4.42 Å². The highest BCUT2D eigenvalue weighted by Crippen LogP contribution is 2.36. The number of aromatic nitrogens is 4. The summed E-state index contributed by atoms with van der Waals surface area (Å²) in [5.74, 6) is 3.28. The SMILES string of the molecule is C1CCSC1.Cn1cc(-c2ncnc3oc(-c4ccccc4)cc23)c(-c2ccc(F)cc2)n1. The van der Waals surface area contributed by atoms with E-state index in [2.05, 4.69) is 26.8 Å². The molecule has 7 heteroatoms. The van der Waals surface area contributed by atoms with Gasteiger partial charge in [-0.15, -0.1) is 0 Å². The van der Waals surface area contributed by atoms with Crippen LogP contribution in [0.3, 0.4) is 0 Å². The van der Waals surface area contributed by atoms with Crippen LogP contribution in [0.25, 0.3) is 44.9 Å². The third kappa shape index (κ3) is 4.68. The van der Waals surface area contributed by atoms with Crippen LogP contribution in [0.1, 0.15) is 12.8 Å². The van der Waals surface area contributed by atoms with Gasteiger partial charge in [-0.3, -0.25) is 4.68 Å². The van der Waals surface area contributed by atoms with Gasteiger partial charge in [0, 0.05) is 29.9 Å². The molecule has 2 aromatic carbocycles. The van der Waals surface area contributed by atoms with Gasteiger partial charge in [0.05, 0.1) is 11.1 Å². The smallest absolute Gasteiger partial charge is 0.230 e. The molecule has 6 rings (SSSR count). The number of hydrogen-bond donors (Lipinski definition) is 0. The molecule has 1 aliphatic heterocycles. The van der Waals surface area contributed by atoms with Gasteiger partial charge in [0.15, 0.2) is 0 Å². The van der Waals surface area contributed by atoms with Gasteiger partial charge < -0.3 is 4.42 Å². The molecule has 0 amide bonds. The van der Waals surface area contributed by atoms with E-state index in [9.17, 15) is 4.39 Å². The molecule has 5 nitrogen and oxygen atoms in total. The monoisotopic (exact) mass is 458 g/mol. The van der Waals surface area contributed by atoms with E-state index in [0.29, 0.717) is 5.71 Å². The maximum atomic E-state index is 13.3. The molecular formula is C26H23FN4OS. The summed E-state index contributed by atoms with van der Waals surface area (Å²) in [5, 5.41) is 5.37. The van der Waals surface area contributed by atoms with Crippen molar-refractivity contribution in [3.63, 3.8) is 0 Å². The summed E-state index contributed by atoms with van der Waals surface area (Å²) >= 11 is 2.07. The first kappa shape index (κ1) is 21.4. The summed E-state index contributed by atoms with van der Waals surface area (Å²) in [6, 6.07) is 18.1. The van der Waals surface area contributed by atoms with Crippen LogP contribution in [0.15, 0.2) is 77.6 Å². The predicted octanol–water partition coefficient (Wildman–Crippen LogP) is 6.61. The van der Waals surface area contributed by atoms with Crippen LogP contribution in [0.5, 0.6) is 0 Å². The molecule has 0 saturated carbocycles. The summed E-state index contributed by atoms with van der Waals surface area (Å²) in [6.07, 6.45) is 6.31. The van der Waals surface area contributed by atoms with E-state index in [-0.39, 0.29) is 5.82 Å². The maximum absolute atomic E-state index is 13.3. The number of benzene rings is 2. The van der Waals surface area contributed by atoms with Crippen LogP contribution >= 0.6 is 11.8 Å². The van der Waals surface area contributed by atoms with Crippen LogP contribution in [0, 0.1) is 5.82 Å². The van der Waals surface area contributed by atoms with Crippen molar-refractivity contribution in [2.75, 3.05) is 11.5 Å². The molecule has 3 aromatic heterocycles. The highest BCUT2D eigenvalue weighted by atomic mass is 32.2. The number of halogens is 1. The van der Waals surface area contributed by atoms with Gasteiger partial charge in [0.25, 0.3) is 0 Å². The summed E-state index contributed by atoms with van der Waals surface area (Å²) in [4.78, 5) is 8.78. The third-order valence-corrected chi connectivity index (χ3v) is 6.57. The van der Waals surface area contributed by atoms with Gasteiger partial charge in [-0.25, -0.2) is 14.4 Å². The highest BCUT2D eigenvalue weighted by molar-refractivity contribution is 7.99. The Kier molecular flexibility index (Phi) is 6.21. The third-order valence-electron chi connectivity index (χ3n) is 5.42. The van der Waals surface area contributed by atoms with Gasteiger partial charge in [-0.1, -0.05) is 30.3 Å². The standard InChI is InChI=1S/C22H15FN4O.C4H8S/c1-27-12-18(20(26-27)15-7-9-16(23)10-8-15)21-17-11-19(14-5-3-2-4-6-14)28-22(17)25-13-24-21;1-2-4-5-3-1/h2-13H,1H3;1-4H2. The molecule has 1 fully saturated rings. The number of rotatable bonds is 3. The van der Waals surface area contributed by atoms with E-state index in [1.54, 1.807) is 16.8 Å². The summed E-state index contributed by atoms with van der Waals surface area (Å²) < 4.78 is 21.0. The average molecular weight is 459 g/mol. The fourth-order valence-electron chi connectivity index (χ4n) is 3.81. The summed E-state index contributed by atoms with van der Waals surface area (Å²) in [7, 11) is 1.85. The summed E-state index contributed by atoms with van der Waals surface area (Å²) in [5.41, 5.74) is 4.58. The second-order valence-corrected chi connectivity index (χ2v) is 9.03. The quantitative estimate of drug-likeness (QED) is 0.304. The Labute approximate surface area is 195 Å². The predicted molar refractivity (Wildman–Crippen MR) is 131 cm³/mol. The summed E-state index contributed by atoms with van der Waals surface area (Å²) in [6.45, 7) is 0. The number of nitrogens with zero attached hydrogens (tertiary/aromatic N) is 4.